The van der Waals surface area contributed by atoms with Gasteiger partial charge in [0, 0.05) is 30.6 Å². The maximum atomic E-state index is 12.3. The fourth-order valence-electron chi connectivity index (χ4n) is 3.60. The number of benzene rings is 2. The second-order valence-electron chi connectivity index (χ2n) is 7.78. The lowest BCUT2D eigenvalue weighted by Crippen LogP contribution is -2.35. The number of nitrogens with zero attached hydrogens (tertiary/aromatic N) is 2. The van der Waals surface area contributed by atoms with Crippen molar-refractivity contribution in [2.75, 3.05) is 46.6 Å². The SMILES string of the molecule is COc1ccc(OCCNC(=O)Cc2csc(-c3cccc(CN4CCOCC4)c3)n2)cc1. The molecule has 2 heterocycles. The fraction of sp³-hybridized carbons (Fsp3) is 0.360. The van der Waals surface area contributed by atoms with Crippen LogP contribution in [0, 0.1) is 0 Å². The van der Waals surface area contributed by atoms with Crippen molar-refractivity contribution in [2.24, 2.45) is 0 Å². The van der Waals surface area contributed by atoms with E-state index in [4.69, 9.17) is 14.2 Å². The van der Waals surface area contributed by atoms with Gasteiger partial charge in [-0.05, 0) is 35.9 Å². The van der Waals surface area contributed by atoms with Crippen molar-refractivity contribution in [2.45, 2.75) is 13.0 Å². The molecule has 3 aromatic rings. The van der Waals surface area contributed by atoms with Crippen LogP contribution in [0.1, 0.15) is 11.3 Å². The van der Waals surface area contributed by atoms with Crippen LogP contribution >= 0.6 is 11.3 Å². The van der Waals surface area contributed by atoms with Crippen LogP contribution in [-0.4, -0.2) is 62.4 Å². The molecular weight excluding hydrogens is 438 g/mol. The first-order valence-electron chi connectivity index (χ1n) is 11.1. The number of morpholine rings is 1. The molecule has 0 saturated carbocycles. The summed E-state index contributed by atoms with van der Waals surface area (Å²) in [5, 5.41) is 5.78. The molecule has 4 rings (SSSR count). The van der Waals surface area contributed by atoms with Crippen LogP contribution in [0.4, 0.5) is 0 Å². The Labute approximate surface area is 198 Å². The molecular formula is C25H29N3O4S. The van der Waals surface area contributed by atoms with Crippen LogP contribution in [0.15, 0.2) is 53.9 Å². The highest BCUT2D eigenvalue weighted by atomic mass is 32.1. The van der Waals surface area contributed by atoms with E-state index in [1.54, 1.807) is 18.4 Å². The maximum absolute atomic E-state index is 12.3. The number of methoxy groups -OCH3 is 1. The van der Waals surface area contributed by atoms with Crippen molar-refractivity contribution in [3.05, 3.63) is 65.2 Å². The van der Waals surface area contributed by atoms with Crippen molar-refractivity contribution in [1.82, 2.24) is 15.2 Å². The Morgan fingerprint density at radius 3 is 2.73 bits per heavy atom. The van der Waals surface area contributed by atoms with Gasteiger partial charge < -0.3 is 19.5 Å². The second-order valence-corrected chi connectivity index (χ2v) is 8.64. The third-order valence-corrected chi connectivity index (χ3v) is 6.27. The van der Waals surface area contributed by atoms with E-state index >= 15 is 0 Å². The summed E-state index contributed by atoms with van der Waals surface area (Å²) in [6.45, 7) is 5.27. The molecule has 33 heavy (non-hydrogen) atoms. The zero-order chi connectivity index (χ0) is 22.9. The third-order valence-electron chi connectivity index (χ3n) is 5.33. The fourth-order valence-corrected chi connectivity index (χ4v) is 4.42. The summed E-state index contributed by atoms with van der Waals surface area (Å²) in [6.07, 6.45) is 0.256. The molecule has 0 spiro atoms. The largest absolute Gasteiger partial charge is 0.497 e. The van der Waals surface area contributed by atoms with Crippen molar-refractivity contribution in [3.63, 3.8) is 0 Å². The molecule has 8 heteroatoms. The van der Waals surface area contributed by atoms with Gasteiger partial charge >= 0.3 is 0 Å². The van der Waals surface area contributed by atoms with E-state index < -0.39 is 0 Å². The number of nitrogens with one attached hydrogen (secondary N) is 1. The average Bonchev–Trinajstić information content (AvgIpc) is 3.31. The minimum atomic E-state index is -0.0637. The molecule has 174 valence electrons. The molecule has 1 aromatic heterocycles. The highest BCUT2D eigenvalue weighted by Gasteiger charge is 2.13. The smallest absolute Gasteiger partial charge is 0.226 e. The van der Waals surface area contributed by atoms with Crippen molar-refractivity contribution < 1.29 is 19.0 Å². The molecule has 0 radical (unpaired) electrons. The Kier molecular flexibility index (Phi) is 8.30. The summed E-state index contributed by atoms with van der Waals surface area (Å²) in [7, 11) is 1.63. The van der Waals surface area contributed by atoms with Crippen LogP contribution in [0.2, 0.25) is 0 Å². The Balaban J connectivity index is 1.23. The van der Waals surface area contributed by atoms with E-state index in [2.05, 4.69) is 39.5 Å². The van der Waals surface area contributed by atoms with E-state index in [1.807, 2.05) is 29.6 Å². The number of thiazole rings is 1. The summed E-state index contributed by atoms with van der Waals surface area (Å²) in [4.78, 5) is 19.4. The second kappa shape index (κ2) is 11.8. The van der Waals surface area contributed by atoms with Gasteiger partial charge in [0.15, 0.2) is 0 Å². The summed E-state index contributed by atoms with van der Waals surface area (Å²) < 4.78 is 16.2. The first-order valence-corrected chi connectivity index (χ1v) is 11.9. The molecule has 0 unspecified atom stereocenters. The standard InChI is InChI=1S/C25H29N3O4S/c1-30-22-5-7-23(8-6-22)32-12-9-26-24(29)16-21-18-33-25(27-21)20-4-2-3-19(15-20)17-28-10-13-31-14-11-28/h2-8,15,18H,9-14,16-17H2,1H3,(H,26,29). The number of carbonyl (C=O) groups excluding carboxylic acids is 1. The minimum absolute atomic E-state index is 0.0637. The van der Waals surface area contributed by atoms with Gasteiger partial charge in [-0.1, -0.05) is 18.2 Å². The number of hydrogen-bond acceptors (Lipinski definition) is 7. The highest BCUT2D eigenvalue weighted by molar-refractivity contribution is 7.13. The third kappa shape index (κ3) is 7.02. The molecule has 1 aliphatic heterocycles. The topological polar surface area (TPSA) is 72.9 Å². The molecule has 1 fully saturated rings. The van der Waals surface area contributed by atoms with Crippen LogP contribution in [0.3, 0.4) is 0 Å². The molecule has 1 amide bonds. The maximum Gasteiger partial charge on any atom is 0.226 e. The predicted octanol–water partition coefficient (Wildman–Crippen LogP) is 3.39. The van der Waals surface area contributed by atoms with Gasteiger partial charge in [0.25, 0.3) is 0 Å². The molecule has 0 aliphatic carbocycles. The van der Waals surface area contributed by atoms with E-state index in [9.17, 15) is 4.79 Å². The first kappa shape index (κ1) is 23.2. The first-order chi connectivity index (χ1) is 16.2. The van der Waals surface area contributed by atoms with E-state index in [0.29, 0.717) is 13.2 Å². The van der Waals surface area contributed by atoms with Crippen LogP contribution in [0.25, 0.3) is 10.6 Å². The Morgan fingerprint density at radius 1 is 1.15 bits per heavy atom. The van der Waals surface area contributed by atoms with E-state index in [1.165, 1.54) is 5.56 Å². The summed E-state index contributed by atoms with van der Waals surface area (Å²) in [5.74, 6) is 1.46. The van der Waals surface area contributed by atoms with Gasteiger partial charge in [-0.2, -0.15) is 0 Å². The van der Waals surface area contributed by atoms with Gasteiger partial charge in [0.05, 0.1) is 39.0 Å². The number of ether oxygens (including phenoxy) is 3. The average molecular weight is 468 g/mol. The lowest BCUT2D eigenvalue weighted by molar-refractivity contribution is -0.120. The summed E-state index contributed by atoms with van der Waals surface area (Å²) in [5.41, 5.74) is 3.13. The molecule has 2 aromatic carbocycles. The zero-order valence-electron chi connectivity index (χ0n) is 18.8. The molecule has 0 bridgehead atoms. The minimum Gasteiger partial charge on any atom is -0.497 e. The highest BCUT2D eigenvalue weighted by Crippen LogP contribution is 2.25. The summed E-state index contributed by atoms with van der Waals surface area (Å²) in [6, 6.07) is 15.8. The Bertz CT molecular complexity index is 1030. The number of rotatable bonds is 10. The van der Waals surface area contributed by atoms with Gasteiger partial charge in [-0.15, -0.1) is 11.3 Å². The lowest BCUT2D eigenvalue weighted by Gasteiger charge is -2.26. The van der Waals surface area contributed by atoms with Crippen molar-refractivity contribution >= 4 is 17.2 Å². The zero-order valence-corrected chi connectivity index (χ0v) is 19.6. The quantitative estimate of drug-likeness (QED) is 0.461. The van der Waals surface area contributed by atoms with Gasteiger partial charge in [0.2, 0.25) is 5.91 Å². The molecule has 1 N–H and O–H groups in total. The number of hydrogen-bond donors (Lipinski definition) is 1. The predicted molar refractivity (Wildman–Crippen MR) is 129 cm³/mol. The van der Waals surface area contributed by atoms with Crippen LogP contribution < -0.4 is 14.8 Å². The molecule has 7 nitrogen and oxygen atoms in total. The number of carbonyl (C=O) groups is 1. The molecule has 0 atom stereocenters. The van der Waals surface area contributed by atoms with Gasteiger partial charge in [0.1, 0.15) is 23.1 Å². The normalized spacial score (nSPS) is 14.1. The Hall–Kier alpha value is -2.94. The van der Waals surface area contributed by atoms with Crippen molar-refractivity contribution in [3.8, 4) is 22.1 Å². The van der Waals surface area contributed by atoms with Gasteiger partial charge in [-0.3, -0.25) is 9.69 Å². The Morgan fingerprint density at radius 2 is 1.94 bits per heavy atom. The van der Waals surface area contributed by atoms with Crippen molar-refractivity contribution in [1.29, 1.82) is 0 Å². The van der Waals surface area contributed by atoms with E-state index in [-0.39, 0.29) is 12.3 Å². The number of amides is 1. The summed E-state index contributed by atoms with van der Waals surface area (Å²) >= 11 is 1.57. The van der Waals surface area contributed by atoms with Crippen LogP contribution in [0.5, 0.6) is 11.5 Å². The molecule has 1 saturated heterocycles. The van der Waals surface area contributed by atoms with Crippen LogP contribution in [-0.2, 0) is 22.5 Å². The van der Waals surface area contributed by atoms with E-state index in [0.717, 1.165) is 60.6 Å². The monoisotopic (exact) mass is 467 g/mol. The lowest BCUT2D eigenvalue weighted by atomic mass is 10.1. The molecule has 1 aliphatic rings. The van der Waals surface area contributed by atoms with Gasteiger partial charge in [-0.25, -0.2) is 4.98 Å². The number of aromatic nitrogens is 1.